The van der Waals surface area contributed by atoms with Crippen LogP contribution in [0.4, 0.5) is 5.69 Å². The van der Waals surface area contributed by atoms with Gasteiger partial charge in [0.1, 0.15) is 0 Å². The summed E-state index contributed by atoms with van der Waals surface area (Å²) in [4.78, 5) is 46.7. The molecule has 10 heteroatoms. The SMILES string of the molecule is C[C@@H](OC(=O)CCNC(=O)c1ccc([N+](=O)[O-])cc1)C(=O)NCc1cccs1. The molecule has 148 valence electrons. The molecule has 28 heavy (non-hydrogen) atoms. The molecule has 1 aromatic carbocycles. The summed E-state index contributed by atoms with van der Waals surface area (Å²) in [6, 6.07) is 8.85. The maximum absolute atomic E-state index is 11.9. The smallest absolute Gasteiger partial charge is 0.308 e. The van der Waals surface area contributed by atoms with Crippen LogP contribution in [-0.2, 0) is 20.9 Å². The van der Waals surface area contributed by atoms with Gasteiger partial charge in [0.25, 0.3) is 17.5 Å². The molecule has 2 rings (SSSR count). The summed E-state index contributed by atoms with van der Waals surface area (Å²) in [6.07, 6.45) is -1.06. The zero-order chi connectivity index (χ0) is 20.5. The Kier molecular flexibility index (Phi) is 7.64. The van der Waals surface area contributed by atoms with Gasteiger partial charge in [-0.2, -0.15) is 0 Å². The summed E-state index contributed by atoms with van der Waals surface area (Å²) in [6.45, 7) is 1.85. The van der Waals surface area contributed by atoms with E-state index in [1.54, 1.807) is 0 Å². The number of ether oxygens (including phenoxy) is 1. The Hall–Kier alpha value is -3.27. The fourth-order valence-electron chi connectivity index (χ4n) is 2.16. The third kappa shape index (κ3) is 6.47. The van der Waals surface area contributed by atoms with E-state index in [9.17, 15) is 24.5 Å². The molecule has 2 amide bonds. The lowest BCUT2D eigenvalue weighted by Gasteiger charge is -2.13. The average Bonchev–Trinajstić information content (AvgIpc) is 3.19. The summed E-state index contributed by atoms with van der Waals surface area (Å²) in [7, 11) is 0. The van der Waals surface area contributed by atoms with Gasteiger partial charge in [-0.1, -0.05) is 6.07 Å². The number of benzene rings is 1. The largest absolute Gasteiger partial charge is 0.452 e. The number of nitro groups is 1. The number of rotatable bonds is 9. The van der Waals surface area contributed by atoms with Crippen LogP contribution >= 0.6 is 11.3 Å². The number of thiophene rings is 1. The number of amides is 2. The Bertz CT molecular complexity index is 836. The number of hydrogen-bond donors (Lipinski definition) is 2. The normalized spacial score (nSPS) is 11.3. The van der Waals surface area contributed by atoms with E-state index in [2.05, 4.69) is 10.6 Å². The van der Waals surface area contributed by atoms with Crippen LogP contribution in [0.25, 0.3) is 0 Å². The number of esters is 1. The summed E-state index contributed by atoms with van der Waals surface area (Å²) in [5.41, 5.74) is 0.117. The molecule has 2 N–H and O–H groups in total. The first-order valence-electron chi connectivity index (χ1n) is 8.39. The highest BCUT2D eigenvalue weighted by atomic mass is 32.1. The molecule has 0 radical (unpaired) electrons. The van der Waals surface area contributed by atoms with Gasteiger partial charge in [0.15, 0.2) is 6.10 Å². The molecule has 0 bridgehead atoms. The van der Waals surface area contributed by atoms with Gasteiger partial charge in [0.2, 0.25) is 0 Å². The molecule has 0 aliphatic heterocycles. The van der Waals surface area contributed by atoms with Gasteiger partial charge in [0.05, 0.1) is 17.9 Å². The maximum atomic E-state index is 11.9. The molecule has 0 fully saturated rings. The quantitative estimate of drug-likeness (QED) is 0.373. The van der Waals surface area contributed by atoms with Crippen molar-refractivity contribution in [3.05, 3.63) is 62.3 Å². The Morgan fingerprint density at radius 1 is 1.18 bits per heavy atom. The second kappa shape index (κ2) is 10.2. The minimum Gasteiger partial charge on any atom is -0.452 e. The number of non-ortho nitro benzene ring substituents is 1. The second-order valence-corrected chi connectivity index (χ2v) is 6.77. The van der Waals surface area contributed by atoms with Crippen LogP contribution in [0, 0.1) is 10.1 Å². The Balaban J connectivity index is 1.69. The van der Waals surface area contributed by atoms with Crippen LogP contribution in [0.1, 0.15) is 28.6 Å². The molecule has 0 aliphatic carbocycles. The van der Waals surface area contributed by atoms with Gasteiger partial charge in [-0.25, -0.2) is 0 Å². The monoisotopic (exact) mass is 405 g/mol. The van der Waals surface area contributed by atoms with Crippen molar-refractivity contribution in [1.29, 1.82) is 0 Å². The molecule has 0 spiro atoms. The van der Waals surface area contributed by atoms with Crippen LogP contribution in [0.15, 0.2) is 41.8 Å². The van der Waals surface area contributed by atoms with Crippen molar-refractivity contribution >= 4 is 34.8 Å². The highest BCUT2D eigenvalue weighted by Crippen LogP contribution is 2.11. The number of carbonyl (C=O) groups is 3. The number of hydrogen-bond acceptors (Lipinski definition) is 7. The van der Waals surface area contributed by atoms with Crippen LogP contribution in [-0.4, -0.2) is 35.4 Å². The molecule has 0 saturated heterocycles. The minimum absolute atomic E-state index is 0.0121. The van der Waals surface area contributed by atoms with Gasteiger partial charge in [0, 0.05) is 29.1 Å². The molecule has 9 nitrogen and oxygen atoms in total. The molecule has 2 aromatic rings. The van der Waals surface area contributed by atoms with E-state index < -0.39 is 28.8 Å². The molecule has 0 aliphatic rings. The standard InChI is InChI=1S/C18H19N3O6S/c1-12(17(23)20-11-15-3-2-10-28-15)27-16(22)8-9-19-18(24)13-4-6-14(7-5-13)21(25)26/h2-7,10,12H,8-9,11H2,1H3,(H,19,24)(H,20,23)/t12-/m1/s1. The van der Waals surface area contributed by atoms with Crippen molar-refractivity contribution in [3.8, 4) is 0 Å². The van der Waals surface area contributed by atoms with Crippen LogP contribution < -0.4 is 10.6 Å². The van der Waals surface area contributed by atoms with Gasteiger partial charge < -0.3 is 15.4 Å². The number of nitrogens with one attached hydrogen (secondary N) is 2. The van der Waals surface area contributed by atoms with Crippen LogP contribution in [0.5, 0.6) is 0 Å². The van der Waals surface area contributed by atoms with E-state index in [0.29, 0.717) is 6.54 Å². The third-order valence-electron chi connectivity index (χ3n) is 3.65. The Morgan fingerprint density at radius 3 is 2.50 bits per heavy atom. The molecule has 1 atom stereocenters. The van der Waals surface area contributed by atoms with Gasteiger partial charge in [-0.3, -0.25) is 24.5 Å². The first-order chi connectivity index (χ1) is 13.4. The highest BCUT2D eigenvalue weighted by Gasteiger charge is 2.18. The summed E-state index contributed by atoms with van der Waals surface area (Å²) in [5.74, 6) is -1.50. The Labute approximate surface area is 164 Å². The molecule has 1 heterocycles. The number of carbonyl (C=O) groups excluding carboxylic acids is 3. The summed E-state index contributed by atoms with van der Waals surface area (Å²) < 4.78 is 5.04. The predicted molar refractivity (Wildman–Crippen MR) is 102 cm³/mol. The van der Waals surface area contributed by atoms with E-state index >= 15 is 0 Å². The van der Waals surface area contributed by atoms with E-state index in [-0.39, 0.29) is 24.2 Å². The van der Waals surface area contributed by atoms with E-state index in [0.717, 1.165) is 4.88 Å². The van der Waals surface area contributed by atoms with E-state index in [4.69, 9.17) is 4.74 Å². The number of nitro benzene ring substituents is 1. The molecule has 0 unspecified atom stereocenters. The fourth-order valence-corrected chi connectivity index (χ4v) is 2.80. The molecule has 1 aromatic heterocycles. The van der Waals surface area contributed by atoms with E-state index in [1.165, 1.54) is 42.5 Å². The number of nitrogens with zero attached hydrogens (tertiary/aromatic N) is 1. The zero-order valence-electron chi connectivity index (χ0n) is 15.0. The molecular weight excluding hydrogens is 386 g/mol. The maximum Gasteiger partial charge on any atom is 0.308 e. The first-order valence-corrected chi connectivity index (χ1v) is 9.27. The van der Waals surface area contributed by atoms with Crippen LogP contribution in [0.2, 0.25) is 0 Å². The lowest BCUT2D eigenvalue weighted by molar-refractivity contribution is -0.384. The summed E-state index contributed by atoms with van der Waals surface area (Å²) in [5, 5.41) is 17.7. The third-order valence-corrected chi connectivity index (χ3v) is 4.53. The van der Waals surface area contributed by atoms with Crippen molar-refractivity contribution in [1.82, 2.24) is 10.6 Å². The van der Waals surface area contributed by atoms with Crippen molar-refractivity contribution in [2.45, 2.75) is 26.0 Å². The topological polar surface area (TPSA) is 128 Å². The molecular formula is C18H19N3O6S. The predicted octanol–water partition coefficient (Wildman–Crippen LogP) is 2.02. The lowest BCUT2D eigenvalue weighted by atomic mass is 10.2. The minimum atomic E-state index is -0.946. The van der Waals surface area contributed by atoms with Crippen molar-refractivity contribution in [2.24, 2.45) is 0 Å². The van der Waals surface area contributed by atoms with Crippen molar-refractivity contribution in [3.63, 3.8) is 0 Å². The zero-order valence-corrected chi connectivity index (χ0v) is 15.9. The second-order valence-electron chi connectivity index (χ2n) is 5.74. The highest BCUT2D eigenvalue weighted by molar-refractivity contribution is 7.09. The average molecular weight is 405 g/mol. The van der Waals surface area contributed by atoms with Crippen molar-refractivity contribution in [2.75, 3.05) is 6.54 Å². The fraction of sp³-hybridized carbons (Fsp3) is 0.278. The molecule has 0 saturated carbocycles. The Morgan fingerprint density at radius 2 is 1.89 bits per heavy atom. The first kappa shape index (κ1) is 21.0. The lowest BCUT2D eigenvalue weighted by Crippen LogP contribution is -2.36. The van der Waals surface area contributed by atoms with Gasteiger partial charge in [-0.15, -0.1) is 11.3 Å². The summed E-state index contributed by atoms with van der Waals surface area (Å²) >= 11 is 1.51. The van der Waals surface area contributed by atoms with Gasteiger partial charge >= 0.3 is 5.97 Å². The van der Waals surface area contributed by atoms with E-state index in [1.807, 2.05) is 17.5 Å². The van der Waals surface area contributed by atoms with Crippen molar-refractivity contribution < 1.29 is 24.0 Å². The van der Waals surface area contributed by atoms with Crippen LogP contribution in [0.3, 0.4) is 0 Å². The van der Waals surface area contributed by atoms with Gasteiger partial charge in [-0.05, 0) is 30.5 Å².